The van der Waals surface area contributed by atoms with Crippen LogP contribution in [0.15, 0.2) is 30.8 Å². The maximum Gasteiger partial charge on any atom is 0.308 e. The van der Waals surface area contributed by atoms with Gasteiger partial charge in [0.1, 0.15) is 0 Å². The lowest BCUT2D eigenvalue weighted by molar-refractivity contribution is -0.161. The molecule has 0 fully saturated rings. The summed E-state index contributed by atoms with van der Waals surface area (Å²) in [5, 5.41) is 0. The average molecular weight is 372 g/mol. The first-order valence-electron chi connectivity index (χ1n) is 9.27. The SMILES string of the molecule is C=C1c2ccccc2C(=O)N1CCC(=O)OC(C)C(=O)N(C(C)C)C(C)C. The molecule has 2 rings (SSSR count). The summed E-state index contributed by atoms with van der Waals surface area (Å²) < 4.78 is 5.30. The van der Waals surface area contributed by atoms with Gasteiger partial charge in [0, 0.05) is 35.5 Å². The summed E-state index contributed by atoms with van der Waals surface area (Å²) in [7, 11) is 0. The first-order chi connectivity index (χ1) is 12.6. The predicted octanol–water partition coefficient (Wildman–Crippen LogP) is 3.08. The minimum Gasteiger partial charge on any atom is -0.452 e. The highest BCUT2D eigenvalue weighted by atomic mass is 16.5. The first kappa shape index (κ1) is 20.7. The molecule has 1 aromatic carbocycles. The van der Waals surface area contributed by atoms with Crippen molar-refractivity contribution >= 4 is 23.5 Å². The Balaban J connectivity index is 1.92. The van der Waals surface area contributed by atoms with Crippen molar-refractivity contribution in [2.75, 3.05) is 6.54 Å². The van der Waals surface area contributed by atoms with Crippen molar-refractivity contribution in [3.63, 3.8) is 0 Å². The summed E-state index contributed by atoms with van der Waals surface area (Å²) in [5.74, 6) is -0.902. The van der Waals surface area contributed by atoms with Crippen LogP contribution < -0.4 is 0 Å². The molecule has 1 heterocycles. The molecular formula is C21H28N2O4. The van der Waals surface area contributed by atoms with Gasteiger partial charge in [0.15, 0.2) is 6.10 Å². The van der Waals surface area contributed by atoms with Crippen molar-refractivity contribution in [3.8, 4) is 0 Å². The fourth-order valence-electron chi connectivity index (χ4n) is 3.40. The normalized spacial score (nSPS) is 14.6. The quantitative estimate of drug-likeness (QED) is 0.690. The fourth-order valence-corrected chi connectivity index (χ4v) is 3.40. The predicted molar refractivity (Wildman–Crippen MR) is 104 cm³/mol. The van der Waals surface area contributed by atoms with Crippen molar-refractivity contribution < 1.29 is 19.1 Å². The monoisotopic (exact) mass is 372 g/mol. The van der Waals surface area contributed by atoms with E-state index in [0.29, 0.717) is 11.3 Å². The number of carbonyl (C=O) groups excluding carboxylic acids is 3. The molecule has 0 spiro atoms. The summed E-state index contributed by atoms with van der Waals surface area (Å²) >= 11 is 0. The smallest absolute Gasteiger partial charge is 0.308 e. The lowest BCUT2D eigenvalue weighted by atomic mass is 10.1. The number of benzene rings is 1. The van der Waals surface area contributed by atoms with E-state index in [4.69, 9.17) is 4.74 Å². The number of esters is 1. The number of ether oxygens (including phenoxy) is 1. The van der Waals surface area contributed by atoms with Crippen molar-refractivity contribution in [3.05, 3.63) is 42.0 Å². The third kappa shape index (κ3) is 4.38. The standard InChI is InChI=1S/C21H28N2O4/c1-13(2)23(14(3)4)20(25)16(6)27-19(24)11-12-22-15(5)17-9-7-8-10-18(17)21(22)26/h7-10,13-14,16H,5,11-12H2,1-4,6H3. The summed E-state index contributed by atoms with van der Waals surface area (Å²) in [6.45, 7) is 13.4. The minimum absolute atomic E-state index is 0.000272. The van der Waals surface area contributed by atoms with Crippen LogP contribution in [-0.2, 0) is 14.3 Å². The molecule has 6 nitrogen and oxygen atoms in total. The summed E-state index contributed by atoms with van der Waals surface area (Å²) in [6.07, 6.45) is -0.864. The van der Waals surface area contributed by atoms with Crippen molar-refractivity contribution in [1.82, 2.24) is 9.80 Å². The second-order valence-electron chi connectivity index (χ2n) is 7.26. The zero-order chi connectivity index (χ0) is 20.3. The molecule has 2 amide bonds. The highest BCUT2D eigenvalue weighted by Gasteiger charge is 2.32. The fraction of sp³-hybridized carbons (Fsp3) is 0.476. The van der Waals surface area contributed by atoms with Crippen LogP contribution in [0.1, 0.15) is 57.0 Å². The van der Waals surface area contributed by atoms with Gasteiger partial charge in [0.05, 0.1) is 6.42 Å². The van der Waals surface area contributed by atoms with Gasteiger partial charge in [0.25, 0.3) is 11.8 Å². The minimum atomic E-state index is -0.864. The van der Waals surface area contributed by atoms with Gasteiger partial charge in [-0.05, 0) is 40.7 Å². The molecule has 0 aromatic heterocycles. The average Bonchev–Trinajstić information content (AvgIpc) is 2.83. The van der Waals surface area contributed by atoms with E-state index in [9.17, 15) is 14.4 Å². The van der Waals surface area contributed by atoms with Gasteiger partial charge in [-0.3, -0.25) is 14.4 Å². The molecule has 0 radical (unpaired) electrons. The third-order valence-electron chi connectivity index (χ3n) is 4.60. The van der Waals surface area contributed by atoms with Crippen LogP contribution in [0.4, 0.5) is 0 Å². The van der Waals surface area contributed by atoms with Gasteiger partial charge in [-0.25, -0.2) is 0 Å². The van der Waals surface area contributed by atoms with Gasteiger partial charge in [-0.15, -0.1) is 0 Å². The largest absolute Gasteiger partial charge is 0.452 e. The Bertz CT molecular complexity index is 711. The van der Waals surface area contributed by atoms with Crippen LogP contribution in [0.25, 0.3) is 5.70 Å². The van der Waals surface area contributed by atoms with Crippen LogP contribution in [0, 0.1) is 0 Å². The maximum absolute atomic E-state index is 12.5. The van der Waals surface area contributed by atoms with Gasteiger partial charge < -0.3 is 14.5 Å². The Hall–Kier alpha value is -2.63. The number of hydrogen-bond donors (Lipinski definition) is 0. The Kier molecular flexibility index (Phi) is 6.41. The molecule has 0 saturated heterocycles. The number of rotatable bonds is 7. The zero-order valence-electron chi connectivity index (χ0n) is 16.7. The highest BCUT2D eigenvalue weighted by molar-refractivity contribution is 6.08. The summed E-state index contributed by atoms with van der Waals surface area (Å²) in [6, 6.07) is 7.25. The van der Waals surface area contributed by atoms with Crippen molar-refractivity contribution in [2.45, 2.75) is 59.2 Å². The van der Waals surface area contributed by atoms with Crippen LogP contribution in [0.5, 0.6) is 0 Å². The van der Waals surface area contributed by atoms with Gasteiger partial charge in [-0.1, -0.05) is 24.8 Å². The molecule has 1 atom stereocenters. The molecular weight excluding hydrogens is 344 g/mol. The Morgan fingerprint density at radius 2 is 1.63 bits per heavy atom. The van der Waals surface area contributed by atoms with E-state index in [1.165, 1.54) is 4.90 Å². The van der Waals surface area contributed by atoms with Crippen LogP contribution in [-0.4, -0.2) is 52.3 Å². The lowest BCUT2D eigenvalue weighted by Gasteiger charge is -2.32. The zero-order valence-corrected chi connectivity index (χ0v) is 16.7. The Morgan fingerprint density at radius 3 is 2.15 bits per heavy atom. The number of carbonyl (C=O) groups is 3. The number of nitrogens with zero attached hydrogens (tertiary/aromatic N) is 2. The number of fused-ring (bicyclic) bond motifs is 1. The maximum atomic E-state index is 12.5. The van der Waals surface area contributed by atoms with Crippen LogP contribution in [0.2, 0.25) is 0 Å². The summed E-state index contributed by atoms with van der Waals surface area (Å²) in [4.78, 5) is 40.4. The number of amides is 2. The van der Waals surface area contributed by atoms with Gasteiger partial charge in [0.2, 0.25) is 0 Å². The second-order valence-corrected chi connectivity index (χ2v) is 7.26. The molecule has 1 aliphatic rings. The lowest BCUT2D eigenvalue weighted by Crippen LogP contribution is -2.47. The first-order valence-corrected chi connectivity index (χ1v) is 9.27. The van der Waals surface area contributed by atoms with E-state index in [0.717, 1.165) is 5.56 Å². The molecule has 27 heavy (non-hydrogen) atoms. The van der Waals surface area contributed by atoms with E-state index in [-0.39, 0.29) is 36.9 Å². The number of hydrogen-bond acceptors (Lipinski definition) is 4. The van der Waals surface area contributed by atoms with Gasteiger partial charge in [-0.2, -0.15) is 0 Å². The molecule has 1 aliphatic heterocycles. The Labute approximate surface area is 160 Å². The van der Waals surface area contributed by atoms with Crippen molar-refractivity contribution in [1.29, 1.82) is 0 Å². The molecule has 1 aromatic rings. The molecule has 6 heteroatoms. The summed E-state index contributed by atoms with van der Waals surface area (Å²) in [5.41, 5.74) is 1.95. The molecule has 0 N–H and O–H groups in total. The van der Waals surface area contributed by atoms with Gasteiger partial charge >= 0.3 is 5.97 Å². The van der Waals surface area contributed by atoms with E-state index in [2.05, 4.69) is 6.58 Å². The van der Waals surface area contributed by atoms with E-state index in [1.54, 1.807) is 24.0 Å². The van der Waals surface area contributed by atoms with E-state index < -0.39 is 12.1 Å². The molecule has 0 saturated carbocycles. The van der Waals surface area contributed by atoms with Crippen LogP contribution >= 0.6 is 0 Å². The molecule has 0 bridgehead atoms. The topological polar surface area (TPSA) is 66.9 Å². The van der Waals surface area contributed by atoms with E-state index >= 15 is 0 Å². The molecule has 1 unspecified atom stereocenters. The molecule has 0 aliphatic carbocycles. The highest BCUT2D eigenvalue weighted by Crippen LogP contribution is 2.31. The Morgan fingerprint density at radius 1 is 1.07 bits per heavy atom. The third-order valence-corrected chi connectivity index (χ3v) is 4.60. The van der Waals surface area contributed by atoms with Crippen LogP contribution in [0.3, 0.4) is 0 Å². The second kappa shape index (κ2) is 8.37. The molecule has 146 valence electrons. The van der Waals surface area contributed by atoms with E-state index in [1.807, 2.05) is 39.8 Å². The van der Waals surface area contributed by atoms with Crippen molar-refractivity contribution in [2.24, 2.45) is 0 Å².